The van der Waals surface area contributed by atoms with Gasteiger partial charge in [-0.05, 0) is 30.3 Å². The second kappa shape index (κ2) is 6.78. The molecule has 0 aliphatic heterocycles. The van der Waals surface area contributed by atoms with Crippen molar-refractivity contribution in [1.82, 2.24) is 20.3 Å². The molecule has 2 aromatic carbocycles. The van der Waals surface area contributed by atoms with Gasteiger partial charge in [0.15, 0.2) is 0 Å². The van der Waals surface area contributed by atoms with E-state index in [2.05, 4.69) is 20.3 Å². The van der Waals surface area contributed by atoms with Crippen LogP contribution >= 0.6 is 11.3 Å². The number of carbonyl (C=O) groups excluding carboxylic acids is 1. The highest BCUT2D eigenvalue weighted by molar-refractivity contribution is 7.18. The van der Waals surface area contributed by atoms with Gasteiger partial charge in [-0.25, -0.2) is 9.97 Å². The van der Waals surface area contributed by atoms with Crippen molar-refractivity contribution in [3.05, 3.63) is 71.5 Å². The molecule has 1 amide bonds. The monoisotopic (exact) mass is 346 g/mol. The van der Waals surface area contributed by atoms with Crippen LogP contribution in [0.5, 0.6) is 0 Å². The molecule has 0 aliphatic rings. The minimum Gasteiger partial charge on any atom is -0.346 e. The van der Waals surface area contributed by atoms with Crippen LogP contribution in [0.25, 0.3) is 27.3 Å². The van der Waals surface area contributed by atoms with E-state index in [-0.39, 0.29) is 5.91 Å². The average molecular weight is 346 g/mol. The lowest BCUT2D eigenvalue weighted by atomic mass is 10.3. The number of hydrogen-bond acceptors (Lipinski definition) is 5. The molecule has 0 spiro atoms. The fourth-order valence-electron chi connectivity index (χ4n) is 2.43. The highest BCUT2D eigenvalue weighted by atomic mass is 32.1. The van der Waals surface area contributed by atoms with Crippen LogP contribution in [0.2, 0.25) is 0 Å². The van der Waals surface area contributed by atoms with Gasteiger partial charge in [0.1, 0.15) is 5.01 Å². The molecule has 2 aromatic heterocycles. The lowest BCUT2D eigenvalue weighted by Gasteiger charge is -1.99. The Morgan fingerprint density at radius 3 is 2.60 bits per heavy atom. The first kappa shape index (κ1) is 15.4. The predicted octanol–water partition coefficient (Wildman–Crippen LogP) is 3.57. The number of carbonyl (C=O) groups is 1. The molecule has 6 heteroatoms. The third kappa shape index (κ3) is 3.54. The standard InChI is InChI=1S/C19H14N4OS/c24-18(21-12-19-23-16-7-3-4-8-17(16)25-19)10-9-13-11-20-14-5-1-2-6-15(14)22-13/h1-11H,12H2,(H,21,24)/b10-9+. The molecule has 0 fully saturated rings. The Morgan fingerprint density at radius 2 is 1.76 bits per heavy atom. The van der Waals surface area contributed by atoms with Crippen LogP contribution in [0.15, 0.2) is 60.8 Å². The van der Waals surface area contributed by atoms with Crippen LogP contribution in [-0.2, 0) is 11.3 Å². The van der Waals surface area contributed by atoms with Crippen molar-refractivity contribution in [2.24, 2.45) is 0 Å². The predicted molar refractivity (Wildman–Crippen MR) is 100 cm³/mol. The largest absolute Gasteiger partial charge is 0.346 e. The average Bonchev–Trinajstić information content (AvgIpc) is 3.07. The van der Waals surface area contributed by atoms with Gasteiger partial charge in [-0.3, -0.25) is 9.78 Å². The molecule has 0 atom stereocenters. The van der Waals surface area contributed by atoms with Crippen LogP contribution in [0.1, 0.15) is 10.7 Å². The normalized spacial score (nSPS) is 11.4. The Kier molecular flexibility index (Phi) is 4.18. The fourth-order valence-corrected chi connectivity index (χ4v) is 3.34. The third-order valence-electron chi connectivity index (χ3n) is 3.62. The van der Waals surface area contributed by atoms with Gasteiger partial charge < -0.3 is 5.32 Å². The van der Waals surface area contributed by atoms with E-state index < -0.39 is 0 Å². The summed E-state index contributed by atoms with van der Waals surface area (Å²) >= 11 is 1.58. The molecule has 1 N–H and O–H groups in total. The summed E-state index contributed by atoms with van der Waals surface area (Å²) in [6.45, 7) is 0.409. The molecular formula is C19H14N4OS. The zero-order chi connectivity index (χ0) is 17.1. The van der Waals surface area contributed by atoms with Crippen LogP contribution in [0, 0.1) is 0 Å². The quantitative estimate of drug-likeness (QED) is 0.574. The van der Waals surface area contributed by atoms with Crippen molar-refractivity contribution in [2.75, 3.05) is 0 Å². The second-order valence-corrected chi connectivity index (χ2v) is 6.53. The van der Waals surface area contributed by atoms with Gasteiger partial charge in [0.05, 0.1) is 39.7 Å². The highest BCUT2D eigenvalue weighted by Gasteiger charge is 2.04. The zero-order valence-electron chi connectivity index (χ0n) is 13.2. The van der Waals surface area contributed by atoms with Crippen molar-refractivity contribution in [1.29, 1.82) is 0 Å². The number of aromatic nitrogens is 3. The Morgan fingerprint density at radius 1 is 1.00 bits per heavy atom. The Hall–Kier alpha value is -3.12. The Bertz CT molecular complexity index is 1050. The molecule has 0 saturated carbocycles. The third-order valence-corrected chi connectivity index (χ3v) is 4.66. The maximum absolute atomic E-state index is 12.0. The molecule has 25 heavy (non-hydrogen) atoms. The number of thiazole rings is 1. The summed E-state index contributed by atoms with van der Waals surface area (Å²) in [7, 11) is 0. The molecule has 5 nitrogen and oxygen atoms in total. The number of fused-ring (bicyclic) bond motifs is 2. The summed E-state index contributed by atoms with van der Waals surface area (Å²) < 4.78 is 1.12. The van der Waals surface area contributed by atoms with E-state index in [1.54, 1.807) is 23.6 Å². The van der Waals surface area contributed by atoms with Gasteiger partial charge in [0.25, 0.3) is 0 Å². The van der Waals surface area contributed by atoms with E-state index >= 15 is 0 Å². The number of nitrogens with zero attached hydrogens (tertiary/aromatic N) is 3. The highest BCUT2D eigenvalue weighted by Crippen LogP contribution is 2.21. The smallest absolute Gasteiger partial charge is 0.244 e. The van der Waals surface area contributed by atoms with Gasteiger partial charge in [0, 0.05) is 6.08 Å². The summed E-state index contributed by atoms with van der Waals surface area (Å²) in [5.41, 5.74) is 3.24. The fraction of sp³-hybridized carbons (Fsp3) is 0.0526. The number of amides is 1. The van der Waals surface area contributed by atoms with Crippen molar-refractivity contribution in [3.63, 3.8) is 0 Å². The van der Waals surface area contributed by atoms with Crippen LogP contribution in [-0.4, -0.2) is 20.9 Å². The lowest BCUT2D eigenvalue weighted by Crippen LogP contribution is -2.20. The van der Waals surface area contributed by atoms with Crippen LogP contribution < -0.4 is 5.32 Å². The van der Waals surface area contributed by atoms with Gasteiger partial charge in [-0.2, -0.15) is 0 Å². The zero-order valence-corrected chi connectivity index (χ0v) is 14.0. The summed E-state index contributed by atoms with van der Waals surface area (Å²) in [6.07, 6.45) is 4.78. The van der Waals surface area contributed by atoms with E-state index in [0.717, 1.165) is 26.3 Å². The first-order valence-electron chi connectivity index (χ1n) is 7.80. The second-order valence-electron chi connectivity index (χ2n) is 5.41. The first-order chi connectivity index (χ1) is 12.3. The van der Waals surface area contributed by atoms with Gasteiger partial charge in [-0.15, -0.1) is 11.3 Å². The van der Waals surface area contributed by atoms with E-state index in [1.165, 1.54) is 6.08 Å². The number of rotatable bonds is 4. The van der Waals surface area contributed by atoms with Gasteiger partial charge in [0.2, 0.25) is 5.91 Å². The molecule has 0 bridgehead atoms. The molecule has 0 radical (unpaired) electrons. The van der Waals surface area contributed by atoms with Gasteiger partial charge >= 0.3 is 0 Å². The molecule has 2 heterocycles. The topological polar surface area (TPSA) is 67.8 Å². The molecule has 0 unspecified atom stereocenters. The number of hydrogen-bond donors (Lipinski definition) is 1. The maximum Gasteiger partial charge on any atom is 0.244 e. The minimum absolute atomic E-state index is 0.186. The summed E-state index contributed by atoms with van der Waals surface area (Å²) in [5.74, 6) is -0.186. The van der Waals surface area contributed by atoms with Crippen LogP contribution in [0.4, 0.5) is 0 Å². The Balaban J connectivity index is 1.41. The molecule has 4 rings (SSSR count). The van der Waals surface area contributed by atoms with Crippen molar-refractivity contribution < 1.29 is 4.79 Å². The maximum atomic E-state index is 12.0. The minimum atomic E-state index is -0.186. The summed E-state index contributed by atoms with van der Waals surface area (Å²) in [4.78, 5) is 25.3. The number of nitrogens with one attached hydrogen (secondary N) is 1. The molecule has 122 valence electrons. The van der Waals surface area contributed by atoms with Crippen LogP contribution in [0.3, 0.4) is 0 Å². The van der Waals surface area contributed by atoms with E-state index in [1.807, 2.05) is 48.5 Å². The van der Waals surface area contributed by atoms with Crippen molar-refractivity contribution >= 4 is 44.6 Å². The van der Waals surface area contributed by atoms with E-state index in [0.29, 0.717) is 12.2 Å². The SMILES string of the molecule is O=C(/C=C/c1cnc2ccccc2n1)NCc1nc2ccccc2s1. The lowest BCUT2D eigenvalue weighted by molar-refractivity contribution is -0.116. The van der Waals surface area contributed by atoms with Crippen molar-refractivity contribution in [3.8, 4) is 0 Å². The molecule has 0 aliphatic carbocycles. The summed E-state index contributed by atoms with van der Waals surface area (Å²) in [6, 6.07) is 15.6. The van der Waals surface area contributed by atoms with Crippen molar-refractivity contribution in [2.45, 2.75) is 6.54 Å². The van der Waals surface area contributed by atoms with E-state index in [4.69, 9.17) is 0 Å². The number of para-hydroxylation sites is 3. The number of benzene rings is 2. The molecule has 0 saturated heterocycles. The Labute approximate surface area is 148 Å². The van der Waals surface area contributed by atoms with E-state index in [9.17, 15) is 4.79 Å². The first-order valence-corrected chi connectivity index (χ1v) is 8.62. The van der Waals surface area contributed by atoms with Gasteiger partial charge in [-0.1, -0.05) is 24.3 Å². The molecular weight excluding hydrogens is 332 g/mol. The molecule has 4 aromatic rings. The summed E-state index contributed by atoms with van der Waals surface area (Å²) in [5, 5.41) is 3.72.